The number of amides is 4. The van der Waals surface area contributed by atoms with Gasteiger partial charge in [-0.2, -0.15) is 0 Å². The fraction of sp³-hybridized carbons (Fsp3) is 0.0370. The summed E-state index contributed by atoms with van der Waals surface area (Å²) in [6.07, 6.45) is 4.19. The second-order valence-electron chi connectivity index (χ2n) is 7.64. The van der Waals surface area contributed by atoms with Gasteiger partial charge in [-0.05, 0) is 55.0 Å². The lowest BCUT2D eigenvalue weighted by molar-refractivity contribution is -0.129. The van der Waals surface area contributed by atoms with Crippen LogP contribution in [0.4, 0.5) is 10.5 Å². The van der Waals surface area contributed by atoms with Crippen molar-refractivity contribution in [3.8, 4) is 5.75 Å². The Morgan fingerprint density at radius 2 is 1.69 bits per heavy atom. The van der Waals surface area contributed by atoms with E-state index in [1.807, 2.05) is 37.3 Å². The molecule has 4 rings (SSSR count). The number of anilines is 1. The lowest BCUT2D eigenvalue weighted by Crippen LogP contribution is -2.54. The largest absolute Gasteiger partial charge is 0.423 e. The molecule has 0 saturated carbocycles. The van der Waals surface area contributed by atoms with Crippen molar-refractivity contribution in [2.75, 3.05) is 4.90 Å². The van der Waals surface area contributed by atoms with E-state index in [0.717, 1.165) is 16.0 Å². The quantitative estimate of drug-likeness (QED) is 0.216. The van der Waals surface area contributed by atoms with Crippen LogP contribution in [0.5, 0.6) is 5.75 Å². The number of carbonyl (C=O) groups is 4. The second kappa shape index (κ2) is 10.3. The van der Waals surface area contributed by atoms with Gasteiger partial charge in [-0.25, -0.2) is 14.5 Å². The normalized spacial score (nSPS) is 15.0. The molecule has 1 N–H and O–H groups in total. The number of aryl methyl sites for hydroxylation is 1. The minimum absolute atomic E-state index is 0.141. The number of hydrogen-bond acceptors (Lipinski definition) is 5. The summed E-state index contributed by atoms with van der Waals surface area (Å²) in [7, 11) is 0. The zero-order valence-corrected chi connectivity index (χ0v) is 20.1. The highest BCUT2D eigenvalue weighted by atomic mass is 79.9. The van der Waals surface area contributed by atoms with Crippen LogP contribution in [0, 0.1) is 6.92 Å². The molecule has 7 nitrogen and oxygen atoms in total. The minimum atomic E-state index is -0.843. The van der Waals surface area contributed by atoms with Gasteiger partial charge in [0, 0.05) is 16.1 Å². The van der Waals surface area contributed by atoms with Crippen LogP contribution in [-0.2, 0) is 14.4 Å². The maximum Gasteiger partial charge on any atom is 0.336 e. The van der Waals surface area contributed by atoms with Gasteiger partial charge < -0.3 is 4.74 Å². The van der Waals surface area contributed by atoms with Gasteiger partial charge in [0.05, 0.1) is 5.69 Å². The maximum absolute atomic E-state index is 13.2. The lowest BCUT2D eigenvalue weighted by atomic mass is 10.1. The van der Waals surface area contributed by atoms with Crippen LogP contribution in [0.15, 0.2) is 88.9 Å². The summed E-state index contributed by atoms with van der Waals surface area (Å²) >= 11 is 3.35. The van der Waals surface area contributed by atoms with Crippen molar-refractivity contribution in [3.63, 3.8) is 0 Å². The number of imide groups is 2. The van der Waals surface area contributed by atoms with E-state index >= 15 is 0 Å². The highest BCUT2D eigenvalue weighted by molar-refractivity contribution is 9.10. The number of nitrogens with one attached hydrogen (secondary N) is 1. The smallest absolute Gasteiger partial charge is 0.336 e. The number of esters is 1. The Morgan fingerprint density at radius 3 is 2.40 bits per heavy atom. The van der Waals surface area contributed by atoms with Crippen LogP contribution in [0.2, 0.25) is 0 Å². The molecule has 0 radical (unpaired) electrons. The molecule has 3 aromatic rings. The zero-order chi connectivity index (χ0) is 24.9. The molecular formula is C27H19BrN2O5. The van der Waals surface area contributed by atoms with Gasteiger partial charge in [-0.3, -0.25) is 14.9 Å². The van der Waals surface area contributed by atoms with Crippen LogP contribution in [-0.4, -0.2) is 23.8 Å². The molecule has 0 aromatic heterocycles. The average molecular weight is 531 g/mol. The van der Waals surface area contributed by atoms with Gasteiger partial charge in [-0.1, -0.05) is 64.0 Å². The number of carbonyl (C=O) groups excluding carboxylic acids is 4. The molecule has 35 heavy (non-hydrogen) atoms. The molecular weight excluding hydrogens is 512 g/mol. The first-order chi connectivity index (χ1) is 16.8. The van der Waals surface area contributed by atoms with E-state index in [4.69, 9.17) is 4.74 Å². The topological polar surface area (TPSA) is 92.8 Å². The third-order valence-electron chi connectivity index (χ3n) is 5.09. The molecule has 1 saturated heterocycles. The highest BCUT2D eigenvalue weighted by Gasteiger charge is 2.37. The Hall–Kier alpha value is -4.30. The summed E-state index contributed by atoms with van der Waals surface area (Å²) in [6.45, 7) is 1.88. The van der Waals surface area contributed by atoms with Crippen molar-refractivity contribution in [2.24, 2.45) is 0 Å². The summed E-state index contributed by atoms with van der Waals surface area (Å²) in [5, 5.41) is 2.18. The number of hydrogen-bond donors (Lipinski definition) is 1. The number of nitrogens with zero attached hydrogens (tertiary/aromatic N) is 1. The van der Waals surface area contributed by atoms with Crippen LogP contribution < -0.4 is 15.0 Å². The first kappa shape index (κ1) is 23.8. The zero-order valence-electron chi connectivity index (χ0n) is 18.5. The lowest BCUT2D eigenvalue weighted by Gasteiger charge is -2.26. The predicted molar refractivity (Wildman–Crippen MR) is 135 cm³/mol. The average Bonchev–Trinajstić information content (AvgIpc) is 2.84. The molecule has 0 spiro atoms. The van der Waals surface area contributed by atoms with Crippen LogP contribution >= 0.6 is 15.9 Å². The van der Waals surface area contributed by atoms with Gasteiger partial charge in [0.2, 0.25) is 0 Å². The number of barbiturate groups is 1. The predicted octanol–water partition coefficient (Wildman–Crippen LogP) is 5.04. The summed E-state index contributed by atoms with van der Waals surface area (Å²) < 4.78 is 6.10. The molecule has 8 heteroatoms. The third kappa shape index (κ3) is 5.62. The Labute approximate surface area is 209 Å². The first-order valence-corrected chi connectivity index (χ1v) is 11.3. The molecule has 3 aromatic carbocycles. The van der Waals surface area contributed by atoms with E-state index < -0.39 is 23.8 Å². The van der Waals surface area contributed by atoms with Crippen molar-refractivity contribution in [2.45, 2.75) is 6.92 Å². The molecule has 1 aliphatic rings. The highest BCUT2D eigenvalue weighted by Crippen LogP contribution is 2.28. The molecule has 0 bridgehead atoms. The standard InChI is InChI=1S/C27H19BrN2O5/c1-17-7-11-21(12-8-17)30-26(33)22(25(32)29-27(30)34)16-19-15-20(28)10-13-23(19)35-24(31)14-9-18-5-3-2-4-6-18/h2-16H,1H3,(H,29,32,34)/b14-9+,22-16-. The number of ether oxygens (including phenoxy) is 1. The van der Waals surface area contributed by atoms with E-state index in [1.165, 1.54) is 12.2 Å². The third-order valence-corrected chi connectivity index (χ3v) is 5.58. The van der Waals surface area contributed by atoms with E-state index in [0.29, 0.717) is 15.7 Å². The second-order valence-corrected chi connectivity index (χ2v) is 8.56. The molecule has 174 valence electrons. The summed E-state index contributed by atoms with van der Waals surface area (Å²) in [4.78, 5) is 51.4. The SMILES string of the molecule is Cc1ccc(N2C(=O)NC(=O)/C(=C/c3cc(Br)ccc3OC(=O)/C=C/c3ccccc3)C2=O)cc1. The van der Waals surface area contributed by atoms with Crippen LogP contribution in [0.3, 0.4) is 0 Å². The summed E-state index contributed by atoms with van der Waals surface area (Å²) in [6, 6.07) is 20.0. The number of rotatable bonds is 5. The molecule has 0 atom stereocenters. The van der Waals surface area contributed by atoms with Gasteiger partial charge in [0.1, 0.15) is 11.3 Å². The fourth-order valence-corrected chi connectivity index (χ4v) is 3.72. The van der Waals surface area contributed by atoms with Crippen molar-refractivity contribution in [1.29, 1.82) is 0 Å². The maximum atomic E-state index is 13.2. The number of urea groups is 1. The molecule has 1 heterocycles. The van der Waals surface area contributed by atoms with Crippen LogP contribution in [0.1, 0.15) is 16.7 Å². The summed E-state index contributed by atoms with van der Waals surface area (Å²) in [5.41, 5.74) is 2.13. The molecule has 0 aliphatic carbocycles. The van der Waals surface area contributed by atoms with Crippen molar-refractivity contribution >= 4 is 57.6 Å². The molecule has 1 aliphatic heterocycles. The van der Waals surface area contributed by atoms with E-state index in [1.54, 1.807) is 48.5 Å². The Bertz CT molecular complexity index is 1380. The number of halogens is 1. The fourth-order valence-electron chi connectivity index (χ4n) is 3.34. The summed E-state index contributed by atoms with van der Waals surface area (Å²) in [5.74, 6) is -2.12. The molecule has 1 fully saturated rings. The minimum Gasteiger partial charge on any atom is -0.423 e. The number of benzene rings is 3. The first-order valence-electron chi connectivity index (χ1n) is 10.5. The van der Waals surface area contributed by atoms with Gasteiger partial charge in [0.25, 0.3) is 11.8 Å². The van der Waals surface area contributed by atoms with Crippen LogP contribution in [0.25, 0.3) is 12.2 Å². The van der Waals surface area contributed by atoms with Crippen molar-refractivity contribution in [3.05, 3.63) is 106 Å². The van der Waals surface area contributed by atoms with E-state index in [-0.39, 0.29) is 11.3 Å². The van der Waals surface area contributed by atoms with E-state index in [9.17, 15) is 19.2 Å². The Balaban J connectivity index is 1.64. The van der Waals surface area contributed by atoms with Crippen molar-refractivity contribution < 1.29 is 23.9 Å². The Kier molecular flexibility index (Phi) is 7.03. The molecule has 0 unspecified atom stereocenters. The van der Waals surface area contributed by atoms with Gasteiger partial charge in [0.15, 0.2) is 0 Å². The van der Waals surface area contributed by atoms with E-state index in [2.05, 4.69) is 21.2 Å². The Morgan fingerprint density at radius 1 is 0.971 bits per heavy atom. The monoisotopic (exact) mass is 530 g/mol. The van der Waals surface area contributed by atoms with Crippen molar-refractivity contribution in [1.82, 2.24) is 5.32 Å². The molecule has 4 amide bonds. The van der Waals surface area contributed by atoms with Gasteiger partial charge >= 0.3 is 12.0 Å². The van der Waals surface area contributed by atoms with Gasteiger partial charge in [-0.15, -0.1) is 0 Å².